The zero-order chi connectivity index (χ0) is 21.6. The van der Waals surface area contributed by atoms with Crippen molar-refractivity contribution in [1.82, 2.24) is 5.06 Å². The Kier molecular flexibility index (Phi) is 5.41. The smallest absolute Gasteiger partial charge is 0.377 e. The normalized spacial score (nSPS) is 15.8. The summed E-state index contributed by atoms with van der Waals surface area (Å²) < 4.78 is 69.9. The van der Waals surface area contributed by atoms with E-state index in [2.05, 4.69) is 4.28 Å². The quantitative estimate of drug-likeness (QED) is 0.512. The highest BCUT2D eigenvalue weighted by molar-refractivity contribution is 7.87. The van der Waals surface area contributed by atoms with E-state index in [1.54, 1.807) is 12.1 Å². The van der Waals surface area contributed by atoms with E-state index >= 15 is 0 Å². The number of halogens is 3. The van der Waals surface area contributed by atoms with Gasteiger partial charge in [0.05, 0.1) is 17.2 Å². The highest BCUT2D eigenvalue weighted by Gasteiger charge is 2.51. The van der Waals surface area contributed by atoms with Crippen LogP contribution in [0.4, 0.5) is 13.2 Å². The molecule has 1 atom stereocenters. The summed E-state index contributed by atoms with van der Waals surface area (Å²) in [5.74, 6) is -2.61. The molecule has 1 heterocycles. The van der Waals surface area contributed by atoms with Gasteiger partial charge in [0.2, 0.25) is 0 Å². The Morgan fingerprint density at radius 2 is 1.69 bits per heavy atom. The molecular formula is C18H16F3NO6S. The molecule has 2 aromatic rings. The molecule has 0 bridgehead atoms. The summed E-state index contributed by atoms with van der Waals surface area (Å²) in [6.45, 7) is 1.96. The Morgan fingerprint density at radius 3 is 2.24 bits per heavy atom. The first-order valence-corrected chi connectivity index (χ1v) is 9.92. The Hall–Kier alpha value is -2.50. The lowest BCUT2D eigenvalue weighted by Gasteiger charge is -2.27. The Labute approximate surface area is 164 Å². The highest BCUT2D eigenvalue weighted by atomic mass is 32.2. The van der Waals surface area contributed by atoms with Crippen molar-refractivity contribution in [3.63, 3.8) is 0 Å². The van der Waals surface area contributed by atoms with Crippen molar-refractivity contribution in [2.75, 3.05) is 7.11 Å². The van der Waals surface area contributed by atoms with Crippen molar-refractivity contribution in [2.45, 2.75) is 31.4 Å². The molecule has 7 nitrogen and oxygen atoms in total. The van der Waals surface area contributed by atoms with Crippen molar-refractivity contribution >= 4 is 32.7 Å². The topological polar surface area (TPSA) is 90.0 Å². The third-order valence-corrected chi connectivity index (χ3v) is 5.45. The number of amides is 2. The minimum Gasteiger partial charge on any atom is -0.377 e. The molecule has 0 spiro atoms. The molecule has 0 radical (unpaired) electrons. The Morgan fingerprint density at radius 1 is 1.07 bits per heavy atom. The molecular weight excluding hydrogens is 415 g/mol. The third-order valence-electron chi connectivity index (χ3n) is 4.54. The number of carbonyl (C=O) groups excluding carboxylic acids is 2. The van der Waals surface area contributed by atoms with E-state index in [0.717, 1.165) is 6.42 Å². The number of hydrogen-bond donors (Lipinski definition) is 0. The highest BCUT2D eigenvalue weighted by Crippen LogP contribution is 2.37. The second-order valence-electron chi connectivity index (χ2n) is 6.32. The van der Waals surface area contributed by atoms with Gasteiger partial charge in [-0.25, -0.2) is 0 Å². The van der Waals surface area contributed by atoms with Crippen LogP contribution in [0.25, 0.3) is 10.8 Å². The third kappa shape index (κ3) is 3.49. The molecule has 1 aliphatic rings. The van der Waals surface area contributed by atoms with Gasteiger partial charge >= 0.3 is 15.6 Å². The van der Waals surface area contributed by atoms with Crippen molar-refractivity contribution in [1.29, 1.82) is 0 Å². The average Bonchev–Trinajstić information content (AvgIpc) is 2.66. The van der Waals surface area contributed by atoms with Crippen LogP contribution in [0, 0.1) is 0 Å². The van der Waals surface area contributed by atoms with Crippen LogP contribution in [0.5, 0.6) is 0 Å². The van der Waals surface area contributed by atoms with Gasteiger partial charge in [-0.3, -0.25) is 9.59 Å². The van der Waals surface area contributed by atoms with E-state index in [1.807, 2.05) is 6.92 Å². The minimum absolute atomic E-state index is 0.150. The van der Waals surface area contributed by atoms with Gasteiger partial charge < -0.3 is 4.74 Å². The van der Waals surface area contributed by atoms with Crippen LogP contribution >= 0.6 is 0 Å². The molecule has 1 aliphatic heterocycles. The summed E-state index contributed by atoms with van der Waals surface area (Å²) in [4.78, 5) is 25.2. The number of rotatable bonds is 6. The largest absolute Gasteiger partial charge is 0.525 e. The number of hydrogen-bond acceptors (Lipinski definition) is 6. The number of carbonyl (C=O) groups is 2. The number of nitrogens with zero attached hydrogens (tertiary/aromatic N) is 1. The van der Waals surface area contributed by atoms with Crippen LogP contribution in [0.3, 0.4) is 0 Å². The molecule has 2 amide bonds. The van der Waals surface area contributed by atoms with Gasteiger partial charge in [0.1, 0.15) is 0 Å². The fourth-order valence-corrected chi connectivity index (χ4v) is 3.66. The summed E-state index contributed by atoms with van der Waals surface area (Å²) >= 11 is 0. The number of imide groups is 1. The van der Waals surface area contributed by atoms with Gasteiger partial charge in [0.25, 0.3) is 11.8 Å². The van der Waals surface area contributed by atoms with Gasteiger partial charge in [-0.1, -0.05) is 31.5 Å². The van der Waals surface area contributed by atoms with E-state index in [1.165, 1.54) is 25.3 Å². The summed E-state index contributed by atoms with van der Waals surface area (Å²) in [5, 5.41) is 0.349. The van der Waals surface area contributed by atoms with Gasteiger partial charge in [-0.15, -0.1) is 9.35 Å². The van der Waals surface area contributed by atoms with E-state index in [4.69, 9.17) is 4.74 Å². The summed E-state index contributed by atoms with van der Waals surface area (Å²) in [6.07, 6.45) is 1.14. The number of alkyl halides is 3. The Bertz CT molecular complexity index is 1070. The van der Waals surface area contributed by atoms with Crippen LogP contribution in [-0.2, 0) is 19.1 Å². The maximum absolute atomic E-state index is 12.6. The fraction of sp³-hybridized carbons (Fsp3) is 0.333. The molecule has 0 saturated carbocycles. The molecule has 0 saturated heterocycles. The lowest BCUT2D eigenvalue weighted by molar-refractivity contribution is -0.0761. The van der Waals surface area contributed by atoms with E-state index < -0.39 is 27.4 Å². The number of methoxy groups -OCH3 is 1. The molecule has 0 fully saturated rings. The fourth-order valence-electron chi connectivity index (χ4n) is 3.25. The van der Waals surface area contributed by atoms with Gasteiger partial charge in [0, 0.05) is 12.5 Å². The second kappa shape index (κ2) is 7.39. The number of ether oxygens (including phenoxy) is 1. The maximum Gasteiger partial charge on any atom is 0.525 e. The molecule has 156 valence electrons. The molecule has 0 aromatic heterocycles. The Balaban J connectivity index is 2.16. The standard InChI is InChI=1S/C18H16F3NO6S/c1-3-5-14(27-2)10-8-9-13-15-11(10)6-4-7-12(15)16(23)22(17(13)24)28-29(25,26)18(19,20)21/h4,6-9,14H,3,5H2,1-2H3. The zero-order valence-corrected chi connectivity index (χ0v) is 16.1. The first-order chi connectivity index (χ1) is 13.5. The zero-order valence-electron chi connectivity index (χ0n) is 15.3. The van der Waals surface area contributed by atoms with E-state index in [-0.39, 0.29) is 27.7 Å². The summed E-state index contributed by atoms with van der Waals surface area (Å²) in [6, 6.07) is 7.29. The lowest BCUT2D eigenvalue weighted by Crippen LogP contribution is -2.44. The van der Waals surface area contributed by atoms with Crippen LogP contribution < -0.4 is 0 Å². The first kappa shape index (κ1) is 21.2. The van der Waals surface area contributed by atoms with Crippen molar-refractivity contribution in [2.24, 2.45) is 0 Å². The molecule has 0 N–H and O–H groups in total. The molecule has 29 heavy (non-hydrogen) atoms. The van der Waals surface area contributed by atoms with Crippen LogP contribution in [0.15, 0.2) is 30.3 Å². The summed E-state index contributed by atoms with van der Waals surface area (Å²) in [5.41, 5.74) is -5.39. The first-order valence-electron chi connectivity index (χ1n) is 8.51. The van der Waals surface area contributed by atoms with Crippen molar-refractivity contribution < 1.29 is 40.2 Å². The van der Waals surface area contributed by atoms with Crippen LogP contribution in [0.2, 0.25) is 0 Å². The molecule has 0 aliphatic carbocycles. The maximum atomic E-state index is 12.6. The predicted molar refractivity (Wildman–Crippen MR) is 95.2 cm³/mol. The minimum atomic E-state index is -6.20. The van der Waals surface area contributed by atoms with Gasteiger partial charge in [-0.05, 0) is 29.5 Å². The SMILES string of the molecule is CCCC(OC)c1ccc2c3c(cccc13)C(=O)N(OS(=O)(=O)C(F)(F)F)C2=O. The monoisotopic (exact) mass is 431 g/mol. The summed E-state index contributed by atoms with van der Waals surface area (Å²) in [7, 11) is -4.69. The van der Waals surface area contributed by atoms with Crippen LogP contribution in [0.1, 0.15) is 52.1 Å². The lowest BCUT2D eigenvalue weighted by atomic mass is 9.89. The van der Waals surface area contributed by atoms with E-state index in [0.29, 0.717) is 17.4 Å². The number of hydroxylamine groups is 2. The predicted octanol–water partition coefficient (Wildman–Crippen LogP) is 3.70. The van der Waals surface area contributed by atoms with Crippen molar-refractivity contribution in [3.8, 4) is 0 Å². The van der Waals surface area contributed by atoms with Crippen LogP contribution in [-0.4, -0.2) is 37.9 Å². The van der Waals surface area contributed by atoms with Gasteiger partial charge in [0.15, 0.2) is 0 Å². The number of benzene rings is 2. The van der Waals surface area contributed by atoms with E-state index in [9.17, 15) is 31.2 Å². The molecule has 2 aromatic carbocycles. The molecule has 3 rings (SSSR count). The average molecular weight is 431 g/mol. The molecule has 1 unspecified atom stereocenters. The molecule has 11 heteroatoms. The second-order valence-corrected chi connectivity index (χ2v) is 7.84. The van der Waals surface area contributed by atoms with Gasteiger partial charge in [-0.2, -0.15) is 21.6 Å². The van der Waals surface area contributed by atoms with Crippen molar-refractivity contribution in [3.05, 3.63) is 47.0 Å².